The van der Waals surface area contributed by atoms with E-state index in [0.29, 0.717) is 23.5 Å². The summed E-state index contributed by atoms with van der Waals surface area (Å²) in [5, 5.41) is 14.7. The van der Waals surface area contributed by atoms with Gasteiger partial charge in [-0.2, -0.15) is 4.52 Å². The predicted molar refractivity (Wildman–Crippen MR) is 80.5 cm³/mol. The Hall–Kier alpha value is -2.22. The van der Waals surface area contributed by atoms with Crippen LogP contribution in [0.1, 0.15) is 31.5 Å². The van der Waals surface area contributed by atoms with Crippen molar-refractivity contribution in [1.82, 2.24) is 24.9 Å². The zero-order chi connectivity index (χ0) is 16.3. The van der Waals surface area contributed by atoms with Crippen molar-refractivity contribution in [2.45, 2.75) is 39.7 Å². The monoisotopic (exact) mass is 307 g/mol. The minimum absolute atomic E-state index is 0.104. The zero-order valence-electron chi connectivity index (χ0n) is 13.0. The fourth-order valence-electron chi connectivity index (χ4n) is 2.22. The molecule has 2 rings (SSSR count). The molecule has 2 heterocycles. The van der Waals surface area contributed by atoms with Crippen molar-refractivity contribution in [2.24, 2.45) is 5.92 Å². The third-order valence-electron chi connectivity index (χ3n) is 3.68. The van der Waals surface area contributed by atoms with Crippen LogP contribution in [0.25, 0.3) is 5.78 Å². The zero-order valence-corrected chi connectivity index (χ0v) is 13.0. The largest absolute Gasteiger partial charge is 0.394 e. The molecule has 0 bridgehead atoms. The van der Waals surface area contributed by atoms with E-state index >= 15 is 0 Å². The summed E-state index contributed by atoms with van der Waals surface area (Å²) in [6.45, 7) is 5.47. The van der Waals surface area contributed by atoms with Crippen LogP contribution in [-0.2, 0) is 11.2 Å². The number of hydrogen-bond donors (Lipinski definition) is 3. The molecule has 22 heavy (non-hydrogen) atoms. The fraction of sp³-hybridized carbons (Fsp3) is 0.571. The molecule has 8 nitrogen and oxygen atoms in total. The van der Waals surface area contributed by atoms with Crippen LogP contribution in [0, 0.1) is 12.8 Å². The highest BCUT2D eigenvalue weighted by Crippen LogP contribution is 2.05. The van der Waals surface area contributed by atoms with E-state index in [9.17, 15) is 14.7 Å². The minimum Gasteiger partial charge on any atom is -0.394 e. The van der Waals surface area contributed by atoms with Gasteiger partial charge in [-0.1, -0.05) is 13.8 Å². The van der Waals surface area contributed by atoms with Gasteiger partial charge in [0.05, 0.1) is 18.3 Å². The molecule has 120 valence electrons. The van der Waals surface area contributed by atoms with E-state index in [1.54, 1.807) is 6.92 Å². The van der Waals surface area contributed by atoms with Crippen LogP contribution in [-0.4, -0.2) is 43.2 Å². The summed E-state index contributed by atoms with van der Waals surface area (Å²) >= 11 is 0. The number of rotatable bonds is 6. The van der Waals surface area contributed by atoms with Gasteiger partial charge in [0.2, 0.25) is 5.91 Å². The normalized spacial score (nSPS) is 12.8. The van der Waals surface area contributed by atoms with Crippen LogP contribution >= 0.6 is 0 Å². The van der Waals surface area contributed by atoms with Crippen LogP contribution < -0.4 is 10.9 Å². The summed E-state index contributed by atoms with van der Waals surface area (Å²) in [7, 11) is 0. The van der Waals surface area contributed by atoms with Crippen molar-refractivity contribution in [2.75, 3.05) is 6.61 Å². The highest BCUT2D eigenvalue weighted by molar-refractivity contribution is 5.76. The number of aliphatic hydroxyl groups is 1. The molecule has 0 fully saturated rings. The number of aryl methyl sites for hydroxylation is 1. The quantitative estimate of drug-likeness (QED) is 0.683. The maximum atomic E-state index is 12.3. The van der Waals surface area contributed by atoms with Crippen molar-refractivity contribution in [3.05, 3.63) is 27.9 Å². The topological polar surface area (TPSA) is 112 Å². The lowest BCUT2D eigenvalue weighted by Gasteiger charge is -2.19. The molecule has 0 aromatic carbocycles. The summed E-state index contributed by atoms with van der Waals surface area (Å²) in [5.74, 6) is 0.265. The van der Waals surface area contributed by atoms with Gasteiger partial charge in [-0.25, -0.2) is 9.97 Å². The first-order chi connectivity index (χ1) is 10.4. The highest BCUT2D eigenvalue weighted by Gasteiger charge is 2.17. The third-order valence-corrected chi connectivity index (χ3v) is 3.68. The molecule has 8 heteroatoms. The number of carbonyl (C=O) groups is 1. The Morgan fingerprint density at radius 3 is 2.86 bits per heavy atom. The van der Waals surface area contributed by atoms with Crippen LogP contribution in [0.3, 0.4) is 0 Å². The molecule has 0 aliphatic carbocycles. The van der Waals surface area contributed by atoms with Gasteiger partial charge < -0.3 is 10.4 Å². The highest BCUT2D eigenvalue weighted by atomic mass is 16.3. The van der Waals surface area contributed by atoms with E-state index < -0.39 is 0 Å². The van der Waals surface area contributed by atoms with E-state index in [4.69, 9.17) is 0 Å². The number of fused-ring (bicyclic) bond motifs is 1. The second-order valence-electron chi connectivity index (χ2n) is 5.60. The first-order valence-electron chi connectivity index (χ1n) is 7.26. The SMILES string of the molecule is Cc1nc2nc[nH]n2c(=O)c1CCC(=O)NC(CO)C(C)C. The number of aromatic nitrogens is 4. The first kappa shape index (κ1) is 16.2. The van der Waals surface area contributed by atoms with Gasteiger partial charge in [0.25, 0.3) is 11.3 Å². The molecule has 1 unspecified atom stereocenters. The Labute approximate surface area is 127 Å². The second kappa shape index (κ2) is 6.69. The Morgan fingerprint density at radius 2 is 2.23 bits per heavy atom. The average Bonchev–Trinajstić information content (AvgIpc) is 2.92. The van der Waals surface area contributed by atoms with E-state index in [2.05, 4.69) is 20.4 Å². The molecule has 3 N–H and O–H groups in total. The Bertz CT molecular complexity index is 719. The van der Waals surface area contributed by atoms with Crippen LogP contribution in [0.15, 0.2) is 11.1 Å². The van der Waals surface area contributed by atoms with Gasteiger partial charge in [0.15, 0.2) is 0 Å². The number of nitrogens with zero attached hydrogens (tertiary/aromatic N) is 3. The molecule has 2 aromatic rings. The number of aliphatic hydroxyl groups excluding tert-OH is 1. The van der Waals surface area contributed by atoms with E-state index in [0.717, 1.165) is 0 Å². The predicted octanol–water partition coefficient (Wildman–Crippen LogP) is -0.208. The molecule has 1 atom stereocenters. The van der Waals surface area contributed by atoms with Crippen molar-refractivity contribution in [3.8, 4) is 0 Å². The molecule has 2 aromatic heterocycles. The molecule has 0 radical (unpaired) electrons. The summed E-state index contributed by atoms with van der Waals surface area (Å²) in [4.78, 5) is 32.4. The molecule has 0 saturated carbocycles. The van der Waals surface area contributed by atoms with Gasteiger partial charge in [-0.3, -0.25) is 14.7 Å². The van der Waals surface area contributed by atoms with Crippen molar-refractivity contribution in [1.29, 1.82) is 0 Å². The summed E-state index contributed by atoms with van der Waals surface area (Å²) in [5.41, 5.74) is 0.824. The van der Waals surface area contributed by atoms with E-state index in [-0.39, 0.29) is 36.5 Å². The van der Waals surface area contributed by atoms with Crippen molar-refractivity contribution in [3.63, 3.8) is 0 Å². The number of nitrogens with one attached hydrogen (secondary N) is 2. The van der Waals surface area contributed by atoms with Gasteiger partial charge >= 0.3 is 0 Å². The molecular formula is C14H21N5O3. The number of aromatic amines is 1. The average molecular weight is 307 g/mol. The van der Waals surface area contributed by atoms with Crippen LogP contribution in [0.2, 0.25) is 0 Å². The molecular weight excluding hydrogens is 286 g/mol. The lowest BCUT2D eigenvalue weighted by molar-refractivity contribution is -0.122. The second-order valence-corrected chi connectivity index (χ2v) is 5.60. The summed E-state index contributed by atoms with van der Waals surface area (Å²) in [6.07, 6.45) is 1.86. The van der Waals surface area contributed by atoms with Gasteiger partial charge in [0.1, 0.15) is 6.33 Å². The van der Waals surface area contributed by atoms with Crippen molar-refractivity contribution < 1.29 is 9.90 Å². The van der Waals surface area contributed by atoms with E-state index in [1.807, 2.05) is 13.8 Å². The fourth-order valence-corrected chi connectivity index (χ4v) is 2.22. The van der Waals surface area contributed by atoms with Gasteiger partial charge in [-0.05, 0) is 19.3 Å². The number of carbonyl (C=O) groups excluding carboxylic acids is 1. The number of amides is 1. The van der Waals surface area contributed by atoms with Crippen LogP contribution in [0.4, 0.5) is 0 Å². The molecule has 0 spiro atoms. The maximum absolute atomic E-state index is 12.3. The van der Waals surface area contributed by atoms with Crippen LogP contribution in [0.5, 0.6) is 0 Å². The number of hydrogen-bond acceptors (Lipinski definition) is 5. The third kappa shape index (κ3) is 3.33. The molecule has 0 aliphatic rings. The Kier molecular flexibility index (Phi) is 4.92. The van der Waals surface area contributed by atoms with Gasteiger partial charge in [0, 0.05) is 12.0 Å². The molecule has 0 aliphatic heterocycles. The lowest BCUT2D eigenvalue weighted by atomic mass is 10.0. The van der Waals surface area contributed by atoms with E-state index in [1.165, 1.54) is 10.8 Å². The first-order valence-corrected chi connectivity index (χ1v) is 7.26. The lowest BCUT2D eigenvalue weighted by Crippen LogP contribution is -2.41. The summed E-state index contributed by atoms with van der Waals surface area (Å²) in [6, 6.07) is -0.275. The molecule has 0 saturated heterocycles. The summed E-state index contributed by atoms with van der Waals surface area (Å²) < 4.78 is 1.25. The molecule has 1 amide bonds. The number of H-pyrrole nitrogens is 1. The van der Waals surface area contributed by atoms with Crippen molar-refractivity contribution >= 4 is 11.7 Å². The Morgan fingerprint density at radius 1 is 1.50 bits per heavy atom. The maximum Gasteiger partial charge on any atom is 0.277 e. The Balaban J connectivity index is 2.08. The minimum atomic E-state index is -0.275. The van der Waals surface area contributed by atoms with Gasteiger partial charge in [-0.15, -0.1) is 0 Å². The standard InChI is InChI=1S/C14H21N5O3/c1-8(2)11(6-20)18-12(21)5-4-10-9(3)17-14-15-7-16-19(14)13(10)22/h7-8,11,20H,4-6H2,1-3H3,(H,18,21)(H,15,16,17). The smallest absolute Gasteiger partial charge is 0.277 e.